The van der Waals surface area contributed by atoms with Gasteiger partial charge >= 0.3 is 18.0 Å². The Morgan fingerprint density at radius 2 is 1.61 bits per heavy atom. The summed E-state index contributed by atoms with van der Waals surface area (Å²) < 4.78 is 21.2. The highest BCUT2D eigenvalue weighted by Gasteiger charge is 2.36. The number of methoxy groups -OCH3 is 2. The predicted molar refractivity (Wildman–Crippen MR) is 134 cm³/mol. The maximum absolute atomic E-state index is 12.3. The van der Waals surface area contributed by atoms with E-state index in [4.69, 9.17) is 18.9 Å². The highest BCUT2D eigenvalue weighted by Crippen LogP contribution is 2.32. The fourth-order valence-corrected chi connectivity index (χ4v) is 4.78. The first-order chi connectivity index (χ1) is 17.0. The number of ether oxygens (including phenoxy) is 4. The van der Waals surface area contributed by atoms with Crippen LogP contribution in [0.1, 0.15) is 74.1 Å². The number of carbonyl (C=O) groups excluding carboxylic acids is 3. The molecule has 0 aromatic heterocycles. The summed E-state index contributed by atoms with van der Waals surface area (Å²) in [6.45, 7) is 11.3. The van der Waals surface area contributed by atoms with Crippen LogP contribution in [0.3, 0.4) is 0 Å². The molecule has 1 amide bonds. The van der Waals surface area contributed by atoms with Crippen molar-refractivity contribution in [2.45, 2.75) is 71.1 Å². The normalized spacial score (nSPS) is 20.5. The van der Waals surface area contributed by atoms with Gasteiger partial charge in [0.25, 0.3) is 0 Å². The molecule has 0 radical (unpaired) electrons. The van der Waals surface area contributed by atoms with Gasteiger partial charge in [0.2, 0.25) is 0 Å². The van der Waals surface area contributed by atoms with Crippen molar-refractivity contribution in [3.63, 3.8) is 0 Å². The molecule has 1 aromatic rings. The van der Waals surface area contributed by atoms with Gasteiger partial charge in [-0.05, 0) is 64.3 Å². The molecule has 2 fully saturated rings. The average Bonchev–Trinajstić information content (AvgIpc) is 2.83. The number of likely N-dealkylation sites (tertiary alicyclic amines) is 1. The van der Waals surface area contributed by atoms with E-state index in [1.54, 1.807) is 12.1 Å². The number of nitrogens with zero attached hydrogens (tertiary/aromatic N) is 2. The molecule has 1 aliphatic carbocycles. The van der Waals surface area contributed by atoms with E-state index >= 15 is 0 Å². The van der Waals surface area contributed by atoms with Crippen LogP contribution >= 0.6 is 0 Å². The van der Waals surface area contributed by atoms with Crippen LogP contribution in [-0.2, 0) is 14.2 Å². The molecule has 0 spiro atoms. The van der Waals surface area contributed by atoms with E-state index in [9.17, 15) is 14.4 Å². The minimum absolute atomic E-state index is 0.0486. The van der Waals surface area contributed by atoms with E-state index in [2.05, 4.69) is 11.8 Å². The van der Waals surface area contributed by atoms with Crippen molar-refractivity contribution in [1.29, 1.82) is 0 Å². The third-order valence-electron chi connectivity index (χ3n) is 6.86. The minimum Gasteiger partial charge on any atom is -0.490 e. The number of hydrogen-bond donors (Lipinski definition) is 0. The summed E-state index contributed by atoms with van der Waals surface area (Å²) in [5.41, 5.74) is -0.191. The van der Waals surface area contributed by atoms with E-state index in [1.807, 2.05) is 25.7 Å². The first-order valence-corrected chi connectivity index (χ1v) is 12.7. The molecule has 9 heteroatoms. The fraction of sp³-hybridized carbons (Fsp3) is 0.667. The van der Waals surface area contributed by atoms with Gasteiger partial charge in [-0.15, -0.1) is 0 Å². The molecule has 2 aliphatic rings. The van der Waals surface area contributed by atoms with Crippen molar-refractivity contribution in [3.8, 4) is 5.75 Å². The molecular formula is C27H40N2O7. The second kappa shape index (κ2) is 12.0. The Morgan fingerprint density at radius 3 is 2.17 bits per heavy atom. The van der Waals surface area contributed by atoms with Crippen LogP contribution in [0, 0.1) is 5.92 Å². The maximum Gasteiger partial charge on any atom is 0.410 e. The molecule has 0 bridgehead atoms. The Balaban J connectivity index is 1.49. The lowest BCUT2D eigenvalue weighted by atomic mass is 9.86. The van der Waals surface area contributed by atoms with E-state index in [-0.39, 0.29) is 23.3 Å². The van der Waals surface area contributed by atoms with E-state index in [0.29, 0.717) is 17.7 Å². The number of piperidine rings is 1. The molecule has 1 saturated heterocycles. The molecule has 1 aliphatic heterocycles. The fourth-order valence-electron chi connectivity index (χ4n) is 4.78. The lowest BCUT2D eigenvalue weighted by Crippen LogP contribution is -2.51. The number of carbonyl (C=O) groups is 3. The average molecular weight is 505 g/mol. The number of esters is 2. The Morgan fingerprint density at radius 1 is 1.00 bits per heavy atom. The minimum atomic E-state index is -0.609. The van der Waals surface area contributed by atoms with Gasteiger partial charge in [0.05, 0.1) is 25.3 Å². The van der Waals surface area contributed by atoms with Gasteiger partial charge in [0, 0.05) is 38.5 Å². The Kier molecular flexibility index (Phi) is 9.22. The van der Waals surface area contributed by atoms with E-state index in [1.165, 1.54) is 20.3 Å². The molecule has 1 saturated carbocycles. The Hall–Kier alpha value is -2.81. The smallest absolute Gasteiger partial charge is 0.410 e. The standard InChI is InChI=1S/C27H40N2O7/c1-7-28(17-18-10-12-29(13-11-18)26(32)36-27(2,3)4)19-14-21(15-19)35-20-8-9-22(24(30)33-5)23(16-20)25(31)34-6/h8-9,16,18-19,21H,7,10-15,17H2,1-6H3. The van der Waals surface area contributed by atoms with Gasteiger partial charge < -0.3 is 28.7 Å². The summed E-state index contributed by atoms with van der Waals surface area (Å²) in [7, 11) is 2.54. The number of amides is 1. The predicted octanol–water partition coefficient (Wildman–Crippen LogP) is 4.14. The Bertz CT molecular complexity index is 929. The molecule has 0 unspecified atom stereocenters. The molecule has 0 N–H and O–H groups in total. The highest BCUT2D eigenvalue weighted by atomic mass is 16.6. The second-order valence-electron chi connectivity index (χ2n) is 10.6. The summed E-state index contributed by atoms with van der Waals surface area (Å²) >= 11 is 0. The van der Waals surface area contributed by atoms with Crippen molar-refractivity contribution in [2.24, 2.45) is 5.92 Å². The first-order valence-electron chi connectivity index (χ1n) is 12.7. The van der Waals surface area contributed by atoms with Gasteiger partial charge in [-0.3, -0.25) is 0 Å². The summed E-state index contributed by atoms with van der Waals surface area (Å²) in [5, 5.41) is 0. The number of hydrogen-bond acceptors (Lipinski definition) is 8. The summed E-state index contributed by atoms with van der Waals surface area (Å²) in [4.78, 5) is 40.8. The van der Waals surface area contributed by atoms with Crippen LogP contribution in [0.15, 0.2) is 18.2 Å². The van der Waals surface area contributed by atoms with Gasteiger partial charge in [-0.2, -0.15) is 0 Å². The van der Waals surface area contributed by atoms with Gasteiger partial charge in [-0.25, -0.2) is 14.4 Å². The molecule has 0 atom stereocenters. The van der Waals surface area contributed by atoms with Crippen LogP contribution < -0.4 is 4.74 Å². The zero-order chi connectivity index (χ0) is 26.5. The third-order valence-corrected chi connectivity index (χ3v) is 6.86. The highest BCUT2D eigenvalue weighted by molar-refractivity contribution is 6.03. The summed E-state index contributed by atoms with van der Waals surface area (Å²) in [6.07, 6.45) is 3.58. The molecular weight excluding hydrogens is 464 g/mol. The van der Waals surface area contributed by atoms with Crippen LogP contribution in [-0.4, -0.2) is 86.0 Å². The topological polar surface area (TPSA) is 94.6 Å². The SMILES string of the molecule is CCN(CC1CCN(C(=O)OC(C)(C)C)CC1)C1CC(Oc2ccc(C(=O)OC)c(C(=O)OC)c2)C1. The molecule has 1 aromatic carbocycles. The lowest BCUT2D eigenvalue weighted by molar-refractivity contribution is 0.000298. The molecule has 9 nitrogen and oxygen atoms in total. The largest absolute Gasteiger partial charge is 0.490 e. The van der Waals surface area contributed by atoms with Crippen molar-refractivity contribution >= 4 is 18.0 Å². The van der Waals surface area contributed by atoms with E-state index < -0.39 is 17.5 Å². The molecule has 200 valence electrons. The van der Waals surface area contributed by atoms with Gasteiger partial charge in [-0.1, -0.05) is 6.92 Å². The van der Waals surface area contributed by atoms with Crippen molar-refractivity contribution in [2.75, 3.05) is 40.4 Å². The van der Waals surface area contributed by atoms with Crippen molar-refractivity contribution in [3.05, 3.63) is 29.3 Å². The summed E-state index contributed by atoms with van der Waals surface area (Å²) in [5.74, 6) is -0.121. The second-order valence-corrected chi connectivity index (χ2v) is 10.6. The zero-order valence-electron chi connectivity index (χ0n) is 22.4. The van der Waals surface area contributed by atoms with E-state index in [0.717, 1.165) is 51.9 Å². The van der Waals surface area contributed by atoms with Crippen LogP contribution in [0.5, 0.6) is 5.75 Å². The third kappa shape index (κ3) is 7.12. The molecule has 3 rings (SSSR count). The molecule has 1 heterocycles. The Labute approximate surface area is 214 Å². The summed E-state index contributed by atoms with van der Waals surface area (Å²) in [6, 6.07) is 5.20. The maximum atomic E-state index is 12.3. The zero-order valence-corrected chi connectivity index (χ0v) is 22.4. The van der Waals surface area contributed by atoms with Crippen LogP contribution in [0.2, 0.25) is 0 Å². The van der Waals surface area contributed by atoms with Crippen LogP contribution in [0.25, 0.3) is 0 Å². The lowest BCUT2D eigenvalue weighted by Gasteiger charge is -2.44. The quantitative estimate of drug-likeness (QED) is 0.385. The number of benzene rings is 1. The van der Waals surface area contributed by atoms with Gasteiger partial charge in [0.1, 0.15) is 17.5 Å². The monoisotopic (exact) mass is 504 g/mol. The van der Waals surface area contributed by atoms with Crippen molar-refractivity contribution < 1.29 is 33.3 Å². The molecule has 36 heavy (non-hydrogen) atoms. The van der Waals surface area contributed by atoms with Gasteiger partial charge in [0.15, 0.2) is 0 Å². The number of rotatable bonds is 8. The van der Waals surface area contributed by atoms with Crippen molar-refractivity contribution in [1.82, 2.24) is 9.80 Å². The first kappa shape index (κ1) is 27.8. The van der Waals surface area contributed by atoms with Crippen LogP contribution in [0.4, 0.5) is 4.79 Å².